The number of amides is 1. The van der Waals surface area contributed by atoms with E-state index in [2.05, 4.69) is 29.4 Å². The van der Waals surface area contributed by atoms with Crippen LogP contribution in [-0.4, -0.2) is 20.8 Å². The van der Waals surface area contributed by atoms with Crippen molar-refractivity contribution in [2.45, 2.75) is 39.8 Å². The molecule has 0 aliphatic rings. The van der Waals surface area contributed by atoms with Gasteiger partial charge in [-0.2, -0.15) is 5.10 Å². The molecule has 1 N–H and O–H groups in total. The minimum Gasteiger partial charge on any atom is -0.359 e. The molecule has 2 heterocycles. The summed E-state index contributed by atoms with van der Waals surface area (Å²) in [5, 5.41) is 11.3. The van der Waals surface area contributed by atoms with Gasteiger partial charge in [0.25, 0.3) is 0 Å². The minimum absolute atomic E-state index is 0.156. The van der Waals surface area contributed by atoms with Gasteiger partial charge < -0.3 is 9.84 Å². The molecule has 2 rings (SSSR count). The van der Waals surface area contributed by atoms with Gasteiger partial charge in [0.1, 0.15) is 6.04 Å². The highest BCUT2D eigenvalue weighted by Gasteiger charge is 2.16. The highest BCUT2D eigenvalue weighted by molar-refractivity contribution is 6.30. The van der Waals surface area contributed by atoms with Crippen molar-refractivity contribution in [3.05, 3.63) is 34.9 Å². The maximum absolute atomic E-state index is 12.0. The average Bonchev–Trinajstić information content (AvgIpc) is 3.03. The normalized spacial score (nSPS) is 12.6. The molecule has 1 unspecified atom stereocenters. The molecule has 0 radical (unpaired) electrons. The van der Waals surface area contributed by atoms with Crippen LogP contribution < -0.4 is 5.32 Å². The summed E-state index contributed by atoms with van der Waals surface area (Å²) in [6.07, 6.45) is 3.97. The lowest BCUT2D eigenvalue weighted by molar-refractivity contribution is -0.124. The third-order valence-corrected chi connectivity index (χ3v) is 3.20. The van der Waals surface area contributed by atoms with Gasteiger partial charge in [-0.05, 0) is 19.3 Å². The van der Waals surface area contributed by atoms with Crippen LogP contribution in [0.25, 0.3) is 0 Å². The first kappa shape index (κ1) is 15.6. The van der Waals surface area contributed by atoms with Crippen LogP contribution in [0.2, 0.25) is 5.02 Å². The third kappa shape index (κ3) is 4.32. The topological polar surface area (TPSA) is 73.0 Å². The molecule has 2 aromatic heterocycles. The van der Waals surface area contributed by atoms with Crippen LogP contribution in [0.5, 0.6) is 0 Å². The van der Waals surface area contributed by atoms with E-state index in [0.29, 0.717) is 23.2 Å². The molecular weight excluding hydrogens is 292 g/mol. The van der Waals surface area contributed by atoms with Crippen molar-refractivity contribution >= 4 is 17.5 Å². The fourth-order valence-electron chi connectivity index (χ4n) is 1.92. The molecule has 114 valence electrons. The van der Waals surface area contributed by atoms with Crippen molar-refractivity contribution in [3.63, 3.8) is 0 Å². The molecule has 0 saturated heterocycles. The van der Waals surface area contributed by atoms with Gasteiger partial charge in [-0.1, -0.05) is 30.6 Å². The van der Waals surface area contributed by atoms with E-state index in [1.165, 1.54) is 10.9 Å². The number of aromatic nitrogens is 3. The van der Waals surface area contributed by atoms with Gasteiger partial charge in [0.2, 0.25) is 5.91 Å². The van der Waals surface area contributed by atoms with Crippen LogP contribution >= 0.6 is 11.6 Å². The van der Waals surface area contributed by atoms with E-state index in [1.807, 2.05) is 6.07 Å². The highest BCUT2D eigenvalue weighted by atomic mass is 35.5. The molecule has 2 aromatic rings. The molecule has 0 fully saturated rings. The van der Waals surface area contributed by atoms with Crippen LogP contribution in [0.15, 0.2) is 23.0 Å². The second-order valence-electron chi connectivity index (χ2n) is 5.41. The Morgan fingerprint density at radius 1 is 1.48 bits per heavy atom. The lowest BCUT2D eigenvalue weighted by Gasteiger charge is -2.11. The Labute approximate surface area is 128 Å². The number of carbonyl (C=O) groups is 1. The zero-order valence-electron chi connectivity index (χ0n) is 12.3. The van der Waals surface area contributed by atoms with Gasteiger partial charge in [-0.25, -0.2) is 0 Å². The fourth-order valence-corrected chi connectivity index (χ4v) is 2.07. The molecule has 0 aromatic carbocycles. The Hall–Kier alpha value is -1.82. The van der Waals surface area contributed by atoms with Gasteiger partial charge in [0, 0.05) is 12.3 Å². The third-order valence-electron chi connectivity index (χ3n) is 3.01. The molecule has 0 aliphatic carbocycles. The van der Waals surface area contributed by atoms with Gasteiger partial charge in [0.05, 0.1) is 23.5 Å². The standard InChI is InChI=1S/C14H19ClN4O2/c1-9(2)4-12-5-13(21-18-12)7-16-14(20)10(3)19-8-11(15)6-17-19/h5-6,8-10H,4,7H2,1-3H3,(H,16,20). The Balaban J connectivity index is 1.87. The van der Waals surface area contributed by atoms with Crippen LogP contribution in [0.4, 0.5) is 0 Å². The number of hydrogen-bond donors (Lipinski definition) is 1. The Morgan fingerprint density at radius 3 is 2.86 bits per heavy atom. The van der Waals surface area contributed by atoms with E-state index in [9.17, 15) is 4.79 Å². The molecule has 0 aliphatic heterocycles. The molecular formula is C14H19ClN4O2. The van der Waals surface area contributed by atoms with E-state index in [4.69, 9.17) is 16.1 Å². The predicted molar refractivity (Wildman–Crippen MR) is 78.8 cm³/mol. The van der Waals surface area contributed by atoms with Crippen LogP contribution in [0.3, 0.4) is 0 Å². The van der Waals surface area contributed by atoms with Gasteiger partial charge >= 0.3 is 0 Å². The molecule has 7 heteroatoms. The molecule has 0 bridgehead atoms. The summed E-state index contributed by atoms with van der Waals surface area (Å²) in [4.78, 5) is 12.0. The summed E-state index contributed by atoms with van der Waals surface area (Å²) in [7, 11) is 0. The SMILES string of the molecule is CC(C)Cc1cc(CNC(=O)C(C)n2cc(Cl)cn2)on1. The largest absolute Gasteiger partial charge is 0.359 e. The number of halogens is 1. The second kappa shape index (κ2) is 6.76. The monoisotopic (exact) mass is 310 g/mol. The summed E-state index contributed by atoms with van der Waals surface area (Å²) in [6, 6.07) is 1.44. The predicted octanol–water partition coefficient (Wildman–Crippen LogP) is 2.60. The minimum atomic E-state index is -0.435. The van der Waals surface area contributed by atoms with E-state index in [-0.39, 0.29) is 5.91 Å². The van der Waals surface area contributed by atoms with Crippen LogP contribution in [-0.2, 0) is 17.8 Å². The molecule has 6 nitrogen and oxygen atoms in total. The van der Waals surface area contributed by atoms with Gasteiger partial charge in [0.15, 0.2) is 5.76 Å². The highest BCUT2D eigenvalue weighted by Crippen LogP contribution is 2.12. The van der Waals surface area contributed by atoms with Gasteiger partial charge in [-0.3, -0.25) is 9.48 Å². The van der Waals surface area contributed by atoms with E-state index in [0.717, 1.165) is 12.1 Å². The van der Waals surface area contributed by atoms with Crippen molar-refractivity contribution in [2.75, 3.05) is 0 Å². The summed E-state index contributed by atoms with van der Waals surface area (Å²) >= 11 is 5.79. The Kier molecular flexibility index (Phi) is 5.01. The van der Waals surface area contributed by atoms with Crippen LogP contribution in [0.1, 0.15) is 38.3 Å². The smallest absolute Gasteiger partial charge is 0.244 e. The number of nitrogens with zero attached hydrogens (tertiary/aromatic N) is 3. The maximum atomic E-state index is 12.0. The maximum Gasteiger partial charge on any atom is 0.244 e. The van der Waals surface area contributed by atoms with E-state index >= 15 is 0 Å². The number of carbonyl (C=O) groups excluding carboxylic acids is 1. The van der Waals surface area contributed by atoms with Crippen molar-refractivity contribution < 1.29 is 9.32 Å². The number of rotatable bonds is 6. The molecule has 0 saturated carbocycles. The van der Waals surface area contributed by atoms with Crippen molar-refractivity contribution in [3.8, 4) is 0 Å². The van der Waals surface area contributed by atoms with Crippen LogP contribution in [0, 0.1) is 5.92 Å². The Morgan fingerprint density at radius 2 is 2.24 bits per heavy atom. The zero-order chi connectivity index (χ0) is 15.4. The van der Waals surface area contributed by atoms with E-state index in [1.54, 1.807) is 13.1 Å². The van der Waals surface area contributed by atoms with Crippen molar-refractivity contribution in [2.24, 2.45) is 5.92 Å². The first-order valence-corrected chi connectivity index (χ1v) is 7.25. The average molecular weight is 311 g/mol. The van der Waals surface area contributed by atoms with Gasteiger partial charge in [-0.15, -0.1) is 0 Å². The Bertz CT molecular complexity index is 606. The summed E-state index contributed by atoms with van der Waals surface area (Å²) in [5.41, 5.74) is 0.904. The molecule has 0 spiro atoms. The van der Waals surface area contributed by atoms with Crippen molar-refractivity contribution in [1.29, 1.82) is 0 Å². The lowest BCUT2D eigenvalue weighted by Crippen LogP contribution is -2.30. The number of nitrogens with one attached hydrogen (secondary N) is 1. The quantitative estimate of drug-likeness (QED) is 0.890. The number of hydrogen-bond acceptors (Lipinski definition) is 4. The summed E-state index contributed by atoms with van der Waals surface area (Å²) < 4.78 is 6.71. The van der Waals surface area contributed by atoms with E-state index < -0.39 is 6.04 Å². The second-order valence-corrected chi connectivity index (χ2v) is 5.85. The first-order chi connectivity index (χ1) is 9.95. The fraction of sp³-hybridized carbons (Fsp3) is 0.500. The summed E-state index contributed by atoms with van der Waals surface area (Å²) in [5.74, 6) is 1.00. The molecule has 21 heavy (non-hydrogen) atoms. The molecule has 1 atom stereocenters. The van der Waals surface area contributed by atoms with Crippen molar-refractivity contribution in [1.82, 2.24) is 20.3 Å². The zero-order valence-corrected chi connectivity index (χ0v) is 13.1. The lowest BCUT2D eigenvalue weighted by atomic mass is 10.1. The summed E-state index contributed by atoms with van der Waals surface area (Å²) in [6.45, 7) is 6.30. The first-order valence-electron chi connectivity index (χ1n) is 6.87. The molecule has 1 amide bonds.